The molecule has 0 saturated carbocycles. The fraction of sp³-hybridized carbons (Fsp3) is 0.381. The van der Waals surface area contributed by atoms with Crippen LogP contribution in [0.5, 0.6) is 11.5 Å². The maximum Gasteiger partial charge on any atom is 0.257 e. The van der Waals surface area contributed by atoms with Crippen molar-refractivity contribution in [1.29, 1.82) is 0 Å². The monoisotopic (exact) mass is 430 g/mol. The Balaban J connectivity index is 1.60. The topological polar surface area (TPSA) is 89.7 Å². The van der Waals surface area contributed by atoms with Crippen LogP contribution >= 0.6 is 11.3 Å². The minimum atomic E-state index is -0.212. The van der Waals surface area contributed by atoms with Crippen molar-refractivity contribution in [2.75, 3.05) is 32.1 Å². The number of amides is 1. The summed E-state index contributed by atoms with van der Waals surface area (Å²) < 4.78 is 16.9. The second-order valence-corrected chi connectivity index (χ2v) is 7.54. The Morgan fingerprint density at radius 2 is 1.97 bits per heavy atom. The Bertz CT molecular complexity index is 958. The Kier molecular flexibility index (Phi) is 7.42. The zero-order valence-corrected chi connectivity index (χ0v) is 18.4. The number of likely N-dealkylation sites (N-methyl/N-ethyl adjacent to an activating group) is 1. The van der Waals surface area contributed by atoms with Gasteiger partial charge in [0.15, 0.2) is 11.5 Å². The van der Waals surface area contributed by atoms with E-state index in [9.17, 15) is 4.79 Å². The molecule has 0 aliphatic carbocycles. The van der Waals surface area contributed by atoms with Crippen molar-refractivity contribution in [3.63, 3.8) is 0 Å². The molecule has 1 amide bonds. The smallest absolute Gasteiger partial charge is 0.257 e. The standard InChI is InChI=1S/C21H26N4O4S/c1-5-27-16-10-9-15(12-17(16)28-6-2)22-19(26)13-25(4)14(3)20-23-24-21(29-20)18-8-7-11-30-18/h7-12,14H,5-6,13H2,1-4H3,(H,22,26)/t14-/m1/s1. The van der Waals surface area contributed by atoms with Gasteiger partial charge >= 0.3 is 0 Å². The fourth-order valence-corrected chi connectivity index (χ4v) is 3.43. The molecule has 8 nitrogen and oxygen atoms in total. The number of hydrogen-bond donors (Lipinski definition) is 1. The van der Waals surface area contributed by atoms with E-state index >= 15 is 0 Å². The predicted molar refractivity (Wildman–Crippen MR) is 116 cm³/mol. The van der Waals surface area contributed by atoms with Gasteiger partial charge in [-0.2, -0.15) is 0 Å². The first-order valence-electron chi connectivity index (χ1n) is 9.78. The van der Waals surface area contributed by atoms with Gasteiger partial charge in [-0.25, -0.2) is 0 Å². The second-order valence-electron chi connectivity index (χ2n) is 6.59. The van der Waals surface area contributed by atoms with E-state index in [1.54, 1.807) is 18.2 Å². The SMILES string of the molecule is CCOc1ccc(NC(=O)CN(C)[C@H](C)c2nnc(-c3cccs3)o2)cc1OCC. The van der Waals surface area contributed by atoms with E-state index in [-0.39, 0.29) is 18.5 Å². The number of benzene rings is 1. The lowest BCUT2D eigenvalue weighted by Crippen LogP contribution is -2.32. The van der Waals surface area contributed by atoms with Crippen molar-refractivity contribution >= 4 is 22.9 Å². The van der Waals surface area contributed by atoms with Crippen LogP contribution in [-0.4, -0.2) is 47.8 Å². The number of aromatic nitrogens is 2. The zero-order chi connectivity index (χ0) is 21.5. The maximum absolute atomic E-state index is 12.5. The van der Waals surface area contributed by atoms with Crippen molar-refractivity contribution in [3.8, 4) is 22.3 Å². The van der Waals surface area contributed by atoms with E-state index < -0.39 is 0 Å². The molecule has 0 fully saturated rings. The Morgan fingerprint density at radius 3 is 2.67 bits per heavy atom. The lowest BCUT2D eigenvalue weighted by Gasteiger charge is -2.21. The predicted octanol–water partition coefficient (Wildman–Crippen LogP) is 4.23. The van der Waals surface area contributed by atoms with Crippen LogP contribution in [0.2, 0.25) is 0 Å². The minimum Gasteiger partial charge on any atom is -0.490 e. The first kappa shape index (κ1) is 21.8. The highest BCUT2D eigenvalue weighted by Crippen LogP contribution is 2.31. The van der Waals surface area contributed by atoms with Crippen molar-refractivity contribution < 1.29 is 18.7 Å². The molecule has 9 heteroatoms. The van der Waals surface area contributed by atoms with Gasteiger partial charge < -0.3 is 19.2 Å². The van der Waals surface area contributed by atoms with Crippen molar-refractivity contribution in [3.05, 3.63) is 41.6 Å². The van der Waals surface area contributed by atoms with E-state index in [2.05, 4.69) is 15.5 Å². The highest BCUT2D eigenvalue weighted by Gasteiger charge is 2.21. The molecule has 3 aromatic rings. The van der Waals surface area contributed by atoms with Gasteiger partial charge in [-0.15, -0.1) is 21.5 Å². The molecule has 160 valence electrons. The summed E-state index contributed by atoms with van der Waals surface area (Å²) in [6, 6.07) is 9.00. The molecule has 0 aliphatic heterocycles. The van der Waals surface area contributed by atoms with Gasteiger partial charge in [0.1, 0.15) is 0 Å². The number of carbonyl (C=O) groups is 1. The lowest BCUT2D eigenvalue weighted by atomic mass is 10.2. The number of ether oxygens (including phenoxy) is 2. The molecular formula is C21H26N4O4S. The summed E-state index contributed by atoms with van der Waals surface area (Å²) in [4.78, 5) is 15.3. The molecule has 0 spiro atoms. The van der Waals surface area contributed by atoms with Gasteiger partial charge in [-0.3, -0.25) is 9.69 Å². The molecule has 0 bridgehead atoms. The second kappa shape index (κ2) is 10.2. The Morgan fingerprint density at radius 1 is 1.20 bits per heavy atom. The molecule has 2 aromatic heterocycles. The highest BCUT2D eigenvalue weighted by atomic mass is 32.1. The van der Waals surface area contributed by atoms with Gasteiger partial charge in [0.05, 0.1) is 30.7 Å². The van der Waals surface area contributed by atoms with Crippen LogP contribution in [0.4, 0.5) is 5.69 Å². The van der Waals surface area contributed by atoms with Crippen LogP contribution < -0.4 is 14.8 Å². The number of thiophene rings is 1. The maximum atomic E-state index is 12.5. The van der Waals surface area contributed by atoms with E-state index in [0.29, 0.717) is 42.2 Å². The third-order valence-electron chi connectivity index (χ3n) is 4.41. The first-order chi connectivity index (χ1) is 14.5. The minimum absolute atomic E-state index is 0.158. The number of carbonyl (C=O) groups excluding carboxylic acids is 1. The molecule has 0 saturated heterocycles. The summed E-state index contributed by atoms with van der Waals surface area (Å²) in [5.74, 6) is 2.05. The molecule has 0 aliphatic rings. The summed E-state index contributed by atoms with van der Waals surface area (Å²) in [6.45, 7) is 6.94. The Labute approximate surface area is 179 Å². The first-order valence-corrected chi connectivity index (χ1v) is 10.7. The molecule has 0 unspecified atom stereocenters. The molecule has 30 heavy (non-hydrogen) atoms. The normalized spacial score (nSPS) is 12.0. The van der Waals surface area contributed by atoms with Crippen molar-refractivity contribution in [2.24, 2.45) is 0 Å². The fourth-order valence-electron chi connectivity index (χ4n) is 2.78. The van der Waals surface area contributed by atoms with E-state index in [1.807, 2.05) is 50.2 Å². The van der Waals surface area contributed by atoms with Crippen molar-refractivity contribution in [2.45, 2.75) is 26.8 Å². The third-order valence-corrected chi connectivity index (χ3v) is 5.27. The van der Waals surface area contributed by atoms with Crippen molar-refractivity contribution in [1.82, 2.24) is 15.1 Å². The quantitative estimate of drug-likeness (QED) is 0.515. The highest BCUT2D eigenvalue weighted by molar-refractivity contribution is 7.13. The molecule has 1 aromatic carbocycles. The van der Waals surface area contributed by atoms with Crippen LogP contribution in [0.1, 0.15) is 32.7 Å². The number of nitrogens with zero attached hydrogens (tertiary/aromatic N) is 3. The van der Waals surface area contributed by atoms with Crippen LogP contribution in [0.25, 0.3) is 10.8 Å². The zero-order valence-electron chi connectivity index (χ0n) is 17.5. The summed E-state index contributed by atoms with van der Waals surface area (Å²) in [5.41, 5.74) is 0.644. The van der Waals surface area contributed by atoms with Gasteiger partial charge in [0, 0.05) is 11.8 Å². The summed E-state index contributed by atoms with van der Waals surface area (Å²) >= 11 is 1.54. The van der Waals surface area contributed by atoms with Gasteiger partial charge in [-0.05, 0) is 51.4 Å². The molecular weight excluding hydrogens is 404 g/mol. The molecule has 2 heterocycles. The average Bonchev–Trinajstić information content (AvgIpc) is 3.41. The van der Waals surface area contributed by atoms with E-state index in [4.69, 9.17) is 13.9 Å². The summed E-state index contributed by atoms with van der Waals surface area (Å²) in [7, 11) is 1.84. The molecule has 3 rings (SSSR count). The Hall–Kier alpha value is -2.91. The molecule has 1 atom stereocenters. The van der Waals surface area contributed by atoms with Crippen LogP contribution in [-0.2, 0) is 4.79 Å². The lowest BCUT2D eigenvalue weighted by molar-refractivity contribution is -0.117. The molecule has 0 radical (unpaired) electrons. The number of nitrogens with one attached hydrogen (secondary N) is 1. The summed E-state index contributed by atoms with van der Waals surface area (Å²) in [6.07, 6.45) is 0. The van der Waals surface area contributed by atoms with Crippen LogP contribution in [0.15, 0.2) is 40.1 Å². The van der Waals surface area contributed by atoms with Gasteiger partial charge in [0.2, 0.25) is 11.8 Å². The van der Waals surface area contributed by atoms with Crippen LogP contribution in [0, 0.1) is 0 Å². The van der Waals surface area contributed by atoms with E-state index in [1.165, 1.54) is 11.3 Å². The van der Waals surface area contributed by atoms with E-state index in [0.717, 1.165) is 4.88 Å². The van der Waals surface area contributed by atoms with Gasteiger partial charge in [0.25, 0.3) is 5.89 Å². The number of rotatable bonds is 10. The van der Waals surface area contributed by atoms with Gasteiger partial charge in [-0.1, -0.05) is 6.07 Å². The summed E-state index contributed by atoms with van der Waals surface area (Å²) in [5, 5.41) is 13.1. The van der Waals surface area contributed by atoms with Crippen LogP contribution in [0.3, 0.4) is 0 Å². The largest absolute Gasteiger partial charge is 0.490 e. The third kappa shape index (κ3) is 5.37. The molecule has 1 N–H and O–H groups in total. The number of anilines is 1. The number of hydrogen-bond acceptors (Lipinski definition) is 8. The average molecular weight is 431 g/mol.